The van der Waals surface area contributed by atoms with Crippen molar-refractivity contribution < 1.29 is 23.9 Å². The van der Waals surface area contributed by atoms with Gasteiger partial charge in [-0.25, -0.2) is 0 Å². The molecule has 0 amide bonds. The van der Waals surface area contributed by atoms with Gasteiger partial charge in [-0.3, -0.25) is 9.36 Å². The molecule has 6 heteroatoms. The van der Waals surface area contributed by atoms with E-state index in [0.717, 1.165) is 0 Å². The van der Waals surface area contributed by atoms with Crippen LogP contribution in [0.4, 0.5) is 0 Å². The summed E-state index contributed by atoms with van der Waals surface area (Å²) in [6, 6.07) is 0. The first-order valence-electron chi connectivity index (χ1n) is 5.51. The number of rotatable bonds is 6. The molecule has 2 N–H and O–H groups in total. The maximum absolute atomic E-state index is 11.8. The molecule has 0 spiro atoms. The molecule has 1 atom stereocenters. The van der Waals surface area contributed by atoms with Gasteiger partial charge in [0.1, 0.15) is 0 Å². The summed E-state index contributed by atoms with van der Waals surface area (Å²) in [5.74, 6) is -0.791. The summed E-state index contributed by atoms with van der Waals surface area (Å²) >= 11 is 0. The largest absolute Gasteiger partial charge is 0.462 e. The average Bonchev–Trinajstić information content (AvgIpc) is 2.18. The average molecular weight is 252 g/mol. The van der Waals surface area contributed by atoms with E-state index >= 15 is 0 Å². The molecule has 0 heterocycles. The lowest BCUT2D eigenvalue weighted by Gasteiger charge is -2.30. The molecule has 0 aliphatic rings. The van der Waals surface area contributed by atoms with Crippen LogP contribution >= 0.6 is 7.60 Å². The Hall–Kier alpha value is -0.380. The monoisotopic (exact) mass is 252 g/mol. The Kier molecular flexibility index (Phi) is 5.66. The Labute approximate surface area is 96.4 Å². The molecule has 1 unspecified atom stereocenters. The van der Waals surface area contributed by atoms with Gasteiger partial charge in [0.2, 0.25) is 0 Å². The van der Waals surface area contributed by atoms with Gasteiger partial charge in [-0.1, -0.05) is 20.8 Å². The fraction of sp³-hybridized carbons (Fsp3) is 0.900. The van der Waals surface area contributed by atoms with Gasteiger partial charge in [-0.15, -0.1) is 0 Å². The Bertz CT molecular complexity index is 279. The molecule has 5 nitrogen and oxygen atoms in total. The van der Waals surface area contributed by atoms with E-state index in [1.165, 1.54) is 0 Å². The minimum Gasteiger partial charge on any atom is -0.462 e. The van der Waals surface area contributed by atoms with Crippen molar-refractivity contribution in [3.63, 3.8) is 0 Å². The fourth-order valence-electron chi connectivity index (χ4n) is 1.45. The topological polar surface area (TPSA) is 83.8 Å². The number of esters is 1. The van der Waals surface area contributed by atoms with Crippen LogP contribution in [0.15, 0.2) is 0 Å². The van der Waals surface area contributed by atoms with Crippen molar-refractivity contribution in [2.75, 3.05) is 0 Å². The van der Waals surface area contributed by atoms with Crippen LogP contribution in [-0.2, 0) is 14.1 Å². The normalized spacial score (nSPS) is 14.6. The Morgan fingerprint density at radius 2 is 1.75 bits per heavy atom. The van der Waals surface area contributed by atoms with Crippen molar-refractivity contribution in [3.8, 4) is 0 Å². The summed E-state index contributed by atoms with van der Waals surface area (Å²) in [5, 5.41) is -1.68. The third kappa shape index (κ3) is 3.06. The summed E-state index contributed by atoms with van der Waals surface area (Å²) in [4.78, 5) is 30.4. The number of hydrogen-bond acceptors (Lipinski definition) is 3. The molecular formula is C10H21O5P. The zero-order chi connectivity index (χ0) is 13.0. The van der Waals surface area contributed by atoms with E-state index in [-0.39, 0.29) is 18.9 Å². The maximum atomic E-state index is 11.8. The third-order valence-electron chi connectivity index (χ3n) is 2.99. The fourth-order valence-corrected chi connectivity index (χ4v) is 2.56. The van der Waals surface area contributed by atoms with Gasteiger partial charge in [0, 0.05) is 0 Å². The van der Waals surface area contributed by atoms with E-state index in [2.05, 4.69) is 0 Å². The summed E-state index contributed by atoms with van der Waals surface area (Å²) in [6.45, 7) is 6.71. The quantitative estimate of drug-likeness (QED) is 0.558. The summed E-state index contributed by atoms with van der Waals surface area (Å²) in [7, 11) is -4.50. The molecule has 16 heavy (non-hydrogen) atoms. The number of hydrogen-bond donors (Lipinski definition) is 2. The lowest BCUT2D eigenvalue weighted by atomic mass is 10.0. The zero-order valence-corrected chi connectivity index (χ0v) is 11.2. The molecule has 0 bridgehead atoms. The molecule has 0 rings (SSSR count). The predicted octanol–water partition coefficient (Wildman–Crippen LogP) is 2.06. The van der Waals surface area contributed by atoms with Gasteiger partial charge in [0.05, 0.1) is 6.10 Å². The molecule has 0 saturated carbocycles. The second-order valence-corrected chi connectivity index (χ2v) is 5.85. The Morgan fingerprint density at radius 1 is 1.31 bits per heavy atom. The molecule has 0 aromatic rings. The SMILES string of the molecule is CCC(C)OC(=O)C(CC)(CC)P(=O)(O)O. The van der Waals surface area contributed by atoms with Crippen LogP contribution in [0.2, 0.25) is 0 Å². The first kappa shape index (κ1) is 15.6. The Balaban J connectivity index is 5.07. The molecular weight excluding hydrogens is 231 g/mol. The summed E-state index contributed by atoms with van der Waals surface area (Å²) in [5.41, 5.74) is 0. The minimum absolute atomic E-state index is 0.0725. The predicted molar refractivity (Wildman–Crippen MR) is 61.2 cm³/mol. The lowest BCUT2D eigenvalue weighted by Crippen LogP contribution is -2.40. The molecule has 96 valence electrons. The van der Waals surface area contributed by atoms with Crippen molar-refractivity contribution in [3.05, 3.63) is 0 Å². The van der Waals surface area contributed by atoms with Crippen LogP contribution in [0.25, 0.3) is 0 Å². The van der Waals surface area contributed by atoms with E-state index in [1.807, 2.05) is 6.92 Å². The van der Waals surface area contributed by atoms with Crippen LogP contribution < -0.4 is 0 Å². The third-order valence-corrected chi connectivity index (χ3v) is 4.92. The van der Waals surface area contributed by atoms with E-state index < -0.39 is 18.7 Å². The van der Waals surface area contributed by atoms with Crippen molar-refractivity contribution in [1.29, 1.82) is 0 Å². The van der Waals surface area contributed by atoms with Gasteiger partial charge < -0.3 is 14.5 Å². The van der Waals surface area contributed by atoms with Gasteiger partial charge in [-0.05, 0) is 26.2 Å². The van der Waals surface area contributed by atoms with Gasteiger partial charge in [-0.2, -0.15) is 0 Å². The standard InChI is InChI=1S/C10H21O5P/c1-5-8(4)15-9(11)10(6-2,7-3)16(12,13)14/h8H,5-7H2,1-4H3,(H2,12,13,14). The molecule has 0 radical (unpaired) electrons. The number of ether oxygens (including phenoxy) is 1. The molecule has 0 saturated heterocycles. The highest BCUT2D eigenvalue weighted by Gasteiger charge is 2.52. The smallest absolute Gasteiger partial charge is 0.342 e. The van der Waals surface area contributed by atoms with Crippen LogP contribution in [-0.4, -0.2) is 27.0 Å². The van der Waals surface area contributed by atoms with Crippen molar-refractivity contribution in [1.82, 2.24) is 0 Å². The molecule has 0 aromatic heterocycles. The highest BCUT2D eigenvalue weighted by molar-refractivity contribution is 7.54. The maximum Gasteiger partial charge on any atom is 0.342 e. The highest BCUT2D eigenvalue weighted by Crippen LogP contribution is 2.55. The van der Waals surface area contributed by atoms with Crippen LogP contribution in [0.3, 0.4) is 0 Å². The molecule has 0 aliphatic carbocycles. The van der Waals surface area contributed by atoms with E-state index in [9.17, 15) is 19.1 Å². The minimum atomic E-state index is -4.50. The van der Waals surface area contributed by atoms with Gasteiger partial charge in [0.15, 0.2) is 5.16 Å². The van der Waals surface area contributed by atoms with Crippen LogP contribution in [0.1, 0.15) is 47.0 Å². The van der Waals surface area contributed by atoms with Crippen LogP contribution in [0, 0.1) is 0 Å². The number of carbonyl (C=O) groups excluding carboxylic acids is 1. The first-order chi connectivity index (χ1) is 7.25. The van der Waals surface area contributed by atoms with Crippen LogP contribution in [0.5, 0.6) is 0 Å². The van der Waals surface area contributed by atoms with E-state index in [1.54, 1.807) is 20.8 Å². The number of carbonyl (C=O) groups is 1. The lowest BCUT2D eigenvalue weighted by molar-refractivity contribution is -0.152. The summed E-state index contributed by atoms with van der Waals surface area (Å²) in [6.07, 6.45) is 0.444. The Morgan fingerprint density at radius 3 is 2.00 bits per heavy atom. The molecule has 0 fully saturated rings. The van der Waals surface area contributed by atoms with Gasteiger partial charge in [0.25, 0.3) is 0 Å². The van der Waals surface area contributed by atoms with Gasteiger partial charge >= 0.3 is 13.6 Å². The van der Waals surface area contributed by atoms with Crippen molar-refractivity contribution in [2.45, 2.75) is 58.2 Å². The van der Waals surface area contributed by atoms with E-state index in [0.29, 0.717) is 6.42 Å². The van der Waals surface area contributed by atoms with Crippen molar-refractivity contribution in [2.24, 2.45) is 0 Å². The molecule has 0 aliphatic heterocycles. The second kappa shape index (κ2) is 5.80. The van der Waals surface area contributed by atoms with E-state index in [4.69, 9.17) is 4.74 Å². The summed E-state index contributed by atoms with van der Waals surface area (Å²) < 4.78 is 16.5. The first-order valence-corrected chi connectivity index (χ1v) is 7.13. The second-order valence-electron chi connectivity index (χ2n) is 3.91. The molecule has 0 aromatic carbocycles. The van der Waals surface area contributed by atoms with Crippen molar-refractivity contribution >= 4 is 13.6 Å². The zero-order valence-electron chi connectivity index (χ0n) is 10.3. The highest BCUT2D eigenvalue weighted by atomic mass is 31.2.